The monoisotopic (exact) mass is 433 g/mol. The minimum absolute atomic E-state index is 0.0148. The number of phenols is 1. The number of fused-ring (bicyclic) bond motifs is 1. The quantitative estimate of drug-likeness (QED) is 0.424. The molecule has 0 bridgehead atoms. The Kier molecular flexibility index (Phi) is 4.77. The van der Waals surface area contributed by atoms with Gasteiger partial charge >= 0.3 is 0 Å². The van der Waals surface area contributed by atoms with E-state index in [4.69, 9.17) is 0 Å². The molecule has 4 aromatic heterocycles. The molecule has 1 atom stereocenters. The van der Waals surface area contributed by atoms with E-state index in [1.54, 1.807) is 32.3 Å². The van der Waals surface area contributed by atoms with Gasteiger partial charge in [0.05, 0.1) is 31.2 Å². The zero-order chi connectivity index (χ0) is 22.2. The first-order valence-electron chi connectivity index (χ1n) is 9.94. The Morgan fingerprint density at radius 3 is 2.84 bits per heavy atom. The molecule has 0 radical (unpaired) electrons. The fraction of sp³-hybridized carbons (Fsp3) is 0.190. The molecule has 0 aliphatic rings. The van der Waals surface area contributed by atoms with Gasteiger partial charge in [-0.25, -0.2) is 18.6 Å². The summed E-state index contributed by atoms with van der Waals surface area (Å²) in [4.78, 5) is 4.39. The molecule has 0 saturated carbocycles. The zero-order valence-electron chi connectivity index (χ0n) is 17.4. The number of nitrogens with one attached hydrogen (secondary N) is 1. The SMILES string of the molecule is C[C@@H](Nc1ccc2ncc(-c3cn(Cc4cnn(C)c4)nn3)n2n1)c1cc(F)ccc1O. The summed E-state index contributed by atoms with van der Waals surface area (Å²) >= 11 is 0. The summed E-state index contributed by atoms with van der Waals surface area (Å²) in [6.07, 6.45) is 7.22. The van der Waals surface area contributed by atoms with Crippen LogP contribution in [0.4, 0.5) is 10.2 Å². The van der Waals surface area contributed by atoms with Gasteiger partial charge in [-0.05, 0) is 37.3 Å². The van der Waals surface area contributed by atoms with Crippen molar-refractivity contribution < 1.29 is 9.50 Å². The van der Waals surface area contributed by atoms with Crippen LogP contribution in [-0.2, 0) is 13.6 Å². The third-order valence-electron chi connectivity index (χ3n) is 5.09. The van der Waals surface area contributed by atoms with Crippen molar-refractivity contribution in [2.45, 2.75) is 19.5 Å². The van der Waals surface area contributed by atoms with Crippen LogP contribution in [0.25, 0.3) is 17.0 Å². The molecule has 0 fully saturated rings. The molecule has 0 unspecified atom stereocenters. The Labute approximate surface area is 182 Å². The number of hydrogen-bond acceptors (Lipinski definition) is 7. The predicted molar refractivity (Wildman–Crippen MR) is 114 cm³/mol. The fourth-order valence-electron chi connectivity index (χ4n) is 3.53. The molecular weight excluding hydrogens is 413 g/mol. The lowest BCUT2D eigenvalue weighted by molar-refractivity contribution is 0.462. The average Bonchev–Trinajstić information content (AvgIpc) is 3.49. The van der Waals surface area contributed by atoms with Crippen LogP contribution in [0.5, 0.6) is 5.75 Å². The normalized spacial score (nSPS) is 12.3. The Morgan fingerprint density at radius 1 is 1.16 bits per heavy atom. The van der Waals surface area contributed by atoms with E-state index < -0.39 is 5.82 Å². The minimum atomic E-state index is -0.416. The molecule has 10 nitrogen and oxygen atoms in total. The van der Waals surface area contributed by atoms with E-state index in [0.717, 1.165) is 5.56 Å². The highest BCUT2D eigenvalue weighted by Gasteiger charge is 2.15. The van der Waals surface area contributed by atoms with Crippen molar-refractivity contribution in [3.8, 4) is 17.1 Å². The molecule has 0 aliphatic carbocycles. The maximum Gasteiger partial charge on any atom is 0.154 e. The first kappa shape index (κ1) is 19.7. The van der Waals surface area contributed by atoms with Gasteiger partial charge in [0.15, 0.2) is 5.65 Å². The van der Waals surface area contributed by atoms with Crippen molar-refractivity contribution in [2.24, 2.45) is 7.05 Å². The number of aromatic hydroxyl groups is 1. The fourth-order valence-corrected chi connectivity index (χ4v) is 3.53. The van der Waals surface area contributed by atoms with Gasteiger partial charge in [0.25, 0.3) is 0 Å². The summed E-state index contributed by atoms with van der Waals surface area (Å²) in [6, 6.07) is 7.07. The number of rotatable bonds is 6. The summed E-state index contributed by atoms with van der Waals surface area (Å²) in [5.41, 5.74) is 3.41. The van der Waals surface area contributed by atoms with Crippen LogP contribution in [0, 0.1) is 5.82 Å². The number of imidazole rings is 1. The van der Waals surface area contributed by atoms with Crippen LogP contribution in [0.1, 0.15) is 24.1 Å². The Hall–Kier alpha value is -4.28. The zero-order valence-corrected chi connectivity index (χ0v) is 17.4. The van der Waals surface area contributed by atoms with Crippen molar-refractivity contribution in [3.63, 3.8) is 0 Å². The van der Waals surface area contributed by atoms with Crippen LogP contribution in [0.15, 0.2) is 55.1 Å². The number of anilines is 1. The van der Waals surface area contributed by atoms with Crippen LogP contribution in [0.3, 0.4) is 0 Å². The van der Waals surface area contributed by atoms with E-state index in [1.165, 1.54) is 18.2 Å². The maximum atomic E-state index is 13.6. The van der Waals surface area contributed by atoms with Crippen molar-refractivity contribution in [1.82, 2.24) is 39.4 Å². The van der Waals surface area contributed by atoms with Crippen molar-refractivity contribution in [1.29, 1.82) is 0 Å². The number of halogens is 1. The first-order valence-corrected chi connectivity index (χ1v) is 9.94. The number of phenolic OH excluding ortho intramolecular Hbond substituents is 1. The number of hydrogen-bond donors (Lipinski definition) is 2. The van der Waals surface area contributed by atoms with Gasteiger partial charge < -0.3 is 10.4 Å². The molecule has 5 aromatic rings. The number of nitrogens with zero attached hydrogens (tertiary/aromatic N) is 8. The highest BCUT2D eigenvalue weighted by molar-refractivity contribution is 5.59. The van der Waals surface area contributed by atoms with Gasteiger partial charge in [0.1, 0.15) is 28.8 Å². The lowest BCUT2D eigenvalue weighted by atomic mass is 10.1. The molecule has 2 N–H and O–H groups in total. The third-order valence-corrected chi connectivity index (χ3v) is 5.09. The smallest absolute Gasteiger partial charge is 0.154 e. The molecule has 162 valence electrons. The molecule has 0 saturated heterocycles. The summed E-state index contributed by atoms with van der Waals surface area (Å²) in [6.45, 7) is 2.37. The van der Waals surface area contributed by atoms with Crippen LogP contribution in [-0.4, -0.2) is 44.5 Å². The second kappa shape index (κ2) is 7.76. The standard InChI is InChI=1S/C21H20FN9O/c1-13(16-7-15(22)3-4-19(16)32)25-20-5-6-21-23-9-18(31(21)27-20)17-12-30(28-26-17)11-14-8-24-29(2)10-14/h3-10,12-13,32H,11H2,1-2H3,(H,25,27)/t13-/m1/s1. The second-order valence-corrected chi connectivity index (χ2v) is 7.52. The predicted octanol–water partition coefficient (Wildman–Crippen LogP) is 2.79. The number of benzene rings is 1. The number of aromatic nitrogens is 8. The highest BCUT2D eigenvalue weighted by atomic mass is 19.1. The first-order chi connectivity index (χ1) is 15.5. The van der Waals surface area contributed by atoms with Gasteiger partial charge in [-0.15, -0.1) is 10.2 Å². The molecule has 0 aliphatic heterocycles. The van der Waals surface area contributed by atoms with E-state index in [0.29, 0.717) is 35.0 Å². The lowest BCUT2D eigenvalue weighted by Crippen LogP contribution is -2.10. The topological polar surface area (TPSA) is 111 Å². The Morgan fingerprint density at radius 2 is 2.03 bits per heavy atom. The van der Waals surface area contributed by atoms with Gasteiger partial charge in [0, 0.05) is 24.4 Å². The Bertz CT molecular complexity index is 1400. The molecule has 0 spiro atoms. The van der Waals surface area contributed by atoms with E-state index in [2.05, 4.69) is 30.8 Å². The Balaban J connectivity index is 1.41. The second-order valence-electron chi connectivity index (χ2n) is 7.52. The molecule has 5 rings (SSSR count). The average molecular weight is 433 g/mol. The summed E-state index contributed by atoms with van der Waals surface area (Å²) < 4.78 is 18.7. The van der Waals surface area contributed by atoms with Crippen molar-refractivity contribution in [2.75, 3.05) is 5.32 Å². The summed E-state index contributed by atoms with van der Waals surface area (Å²) in [5.74, 6) is 0.137. The van der Waals surface area contributed by atoms with Gasteiger partial charge in [-0.1, -0.05) is 5.21 Å². The molecular formula is C21H20FN9O. The van der Waals surface area contributed by atoms with Crippen LogP contribution < -0.4 is 5.32 Å². The van der Waals surface area contributed by atoms with E-state index in [9.17, 15) is 9.50 Å². The summed E-state index contributed by atoms with van der Waals surface area (Å²) in [7, 11) is 1.86. The van der Waals surface area contributed by atoms with Crippen LogP contribution >= 0.6 is 0 Å². The highest BCUT2D eigenvalue weighted by Crippen LogP contribution is 2.27. The maximum absolute atomic E-state index is 13.6. The summed E-state index contributed by atoms with van der Waals surface area (Å²) in [5, 5.41) is 30.5. The molecule has 1 aromatic carbocycles. The third kappa shape index (κ3) is 3.75. The van der Waals surface area contributed by atoms with Gasteiger partial charge in [0.2, 0.25) is 0 Å². The van der Waals surface area contributed by atoms with E-state index in [1.807, 2.05) is 32.4 Å². The van der Waals surface area contributed by atoms with Crippen LogP contribution in [0.2, 0.25) is 0 Å². The molecule has 4 heterocycles. The molecule has 32 heavy (non-hydrogen) atoms. The molecule has 0 amide bonds. The van der Waals surface area contributed by atoms with Crippen molar-refractivity contribution in [3.05, 3.63) is 72.1 Å². The largest absolute Gasteiger partial charge is 0.508 e. The number of aryl methyl sites for hydroxylation is 1. The molecule has 11 heteroatoms. The van der Waals surface area contributed by atoms with Gasteiger partial charge in [-0.2, -0.15) is 5.10 Å². The van der Waals surface area contributed by atoms with E-state index in [-0.39, 0.29) is 11.8 Å². The van der Waals surface area contributed by atoms with E-state index >= 15 is 0 Å². The minimum Gasteiger partial charge on any atom is -0.508 e. The van der Waals surface area contributed by atoms with Gasteiger partial charge in [-0.3, -0.25) is 4.68 Å². The van der Waals surface area contributed by atoms with Crippen molar-refractivity contribution >= 4 is 11.5 Å². The lowest BCUT2D eigenvalue weighted by Gasteiger charge is -2.16.